The van der Waals surface area contributed by atoms with Crippen LogP contribution in [0, 0.1) is 0 Å². The molecule has 2 aromatic rings. The summed E-state index contributed by atoms with van der Waals surface area (Å²) in [5.41, 5.74) is 1.68. The van der Waals surface area contributed by atoms with Crippen LogP contribution >= 0.6 is 25.3 Å². The quantitative estimate of drug-likeness (QED) is 0.254. The Morgan fingerprint density at radius 3 is 1.97 bits per heavy atom. The van der Waals surface area contributed by atoms with Gasteiger partial charge in [0.2, 0.25) is 5.12 Å². The molecular formula is C24H28O5S2. The van der Waals surface area contributed by atoms with Gasteiger partial charge in [0.1, 0.15) is 11.5 Å². The van der Waals surface area contributed by atoms with Gasteiger partial charge in [0.05, 0.1) is 0 Å². The lowest BCUT2D eigenvalue weighted by Crippen LogP contribution is -2.19. The van der Waals surface area contributed by atoms with E-state index in [-0.39, 0.29) is 16.5 Å². The fourth-order valence-corrected chi connectivity index (χ4v) is 3.34. The molecule has 0 bridgehead atoms. The van der Waals surface area contributed by atoms with Crippen molar-refractivity contribution in [2.75, 3.05) is 5.75 Å². The second kappa shape index (κ2) is 13.0. The third kappa shape index (κ3) is 9.89. The Hall–Kier alpha value is -2.51. The number of hydrogen-bond acceptors (Lipinski definition) is 6. The molecular weight excluding hydrogens is 432 g/mol. The van der Waals surface area contributed by atoms with Gasteiger partial charge < -0.3 is 9.47 Å². The van der Waals surface area contributed by atoms with Gasteiger partial charge >= 0.3 is 11.9 Å². The van der Waals surface area contributed by atoms with Crippen LogP contribution in [0.4, 0.5) is 0 Å². The molecule has 7 heteroatoms. The first-order valence-electron chi connectivity index (χ1n) is 9.64. The summed E-state index contributed by atoms with van der Waals surface area (Å²) >= 11 is 7.86. The summed E-state index contributed by atoms with van der Waals surface area (Å²) in [6.07, 6.45) is 3.79. The lowest BCUT2D eigenvalue weighted by molar-refractivity contribution is -0.132. The van der Waals surface area contributed by atoms with Gasteiger partial charge in [-0.2, -0.15) is 12.6 Å². The first kappa shape index (κ1) is 26.5. The van der Waals surface area contributed by atoms with Crippen LogP contribution in [0.15, 0.2) is 54.6 Å². The van der Waals surface area contributed by atoms with Crippen molar-refractivity contribution in [3.63, 3.8) is 0 Å². The first-order chi connectivity index (χ1) is 14.6. The molecule has 0 fully saturated rings. The maximum absolute atomic E-state index is 11.0. The topological polar surface area (TPSA) is 69.7 Å². The van der Waals surface area contributed by atoms with Gasteiger partial charge in [-0.15, -0.1) is 12.6 Å². The van der Waals surface area contributed by atoms with E-state index in [0.717, 1.165) is 17.7 Å². The van der Waals surface area contributed by atoms with Gasteiger partial charge in [-0.05, 0) is 41.9 Å². The number of rotatable bonds is 7. The molecule has 0 unspecified atom stereocenters. The fraction of sp³-hybridized carbons (Fsp3) is 0.292. The second-order valence-corrected chi connectivity index (χ2v) is 8.14. The van der Waals surface area contributed by atoms with E-state index in [2.05, 4.69) is 39.1 Å². The van der Waals surface area contributed by atoms with Gasteiger partial charge in [0.25, 0.3) is 0 Å². The lowest BCUT2D eigenvalue weighted by Gasteiger charge is -2.26. The van der Waals surface area contributed by atoms with Gasteiger partial charge in [-0.1, -0.05) is 50.2 Å². The molecule has 0 spiro atoms. The molecule has 31 heavy (non-hydrogen) atoms. The van der Waals surface area contributed by atoms with E-state index in [4.69, 9.17) is 9.47 Å². The molecule has 166 valence electrons. The SMILES string of the molecule is CC(=O)Oc1ccccc1/C=C\C(=O)S.CC(=O)Oc1ccccc1C(C)(C)CCS. The predicted molar refractivity (Wildman–Crippen MR) is 130 cm³/mol. The van der Waals surface area contributed by atoms with Crippen LogP contribution in [0.2, 0.25) is 0 Å². The Kier molecular flexibility index (Phi) is 11.1. The Balaban J connectivity index is 0.000000311. The van der Waals surface area contributed by atoms with Crippen LogP contribution in [-0.2, 0) is 19.8 Å². The van der Waals surface area contributed by atoms with Crippen molar-refractivity contribution >= 4 is 48.4 Å². The van der Waals surface area contributed by atoms with E-state index in [9.17, 15) is 14.4 Å². The molecule has 0 heterocycles. The number of thiol groups is 2. The molecule has 0 aliphatic rings. The summed E-state index contributed by atoms with van der Waals surface area (Å²) in [5.74, 6) is 1.21. The van der Waals surface area contributed by atoms with E-state index in [1.165, 1.54) is 19.9 Å². The standard InChI is InChI=1S/C13H18O2S.C11H10O3S/c1-10(14)15-12-7-5-4-6-11(12)13(2,3)8-9-16;1-8(12)14-10-5-3-2-4-9(10)6-7-11(13)15/h4-7,16H,8-9H2,1-3H3;2-7H,1H3,(H,13,15)/b;7-6-. The van der Waals surface area contributed by atoms with Crippen molar-refractivity contribution in [1.29, 1.82) is 0 Å². The van der Waals surface area contributed by atoms with Crippen molar-refractivity contribution in [2.24, 2.45) is 0 Å². The molecule has 5 nitrogen and oxygen atoms in total. The minimum Gasteiger partial charge on any atom is -0.426 e. The van der Waals surface area contributed by atoms with Crippen LogP contribution in [0.25, 0.3) is 6.08 Å². The van der Waals surface area contributed by atoms with E-state index >= 15 is 0 Å². The predicted octanol–water partition coefficient (Wildman–Crippen LogP) is 5.29. The van der Waals surface area contributed by atoms with Gasteiger partial charge in [-0.25, -0.2) is 0 Å². The average molecular weight is 461 g/mol. The highest BCUT2D eigenvalue weighted by Crippen LogP contribution is 2.34. The highest BCUT2D eigenvalue weighted by molar-refractivity contribution is 7.97. The zero-order valence-electron chi connectivity index (χ0n) is 18.1. The summed E-state index contributed by atoms with van der Waals surface area (Å²) < 4.78 is 10.2. The average Bonchev–Trinajstić information content (AvgIpc) is 2.67. The third-order valence-electron chi connectivity index (χ3n) is 4.18. The largest absolute Gasteiger partial charge is 0.426 e. The summed E-state index contributed by atoms with van der Waals surface area (Å²) in [6, 6.07) is 14.6. The van der Waals surface area contributed by atoms with Gasteiger partial charge in [0.15, 0.2) is 0 Å². The fourth-order valence-electron chi connectivity index (χ4n) is 2.71. The second-order valence-electron chi connectivity index (χ2n) is 7.25. The summed E-state index contributed by atoms with van der Waals surface area (Å²) in [5, 5.41) is -0.354. The lowest BCUT2D eigenvalue weighted by atomic mass is 9.81. The van der Waals surface area contributed by atoms with Crippen molar-refractivity contribution in [3.05, 3.63) is 65.7 Å². The van der Waals surface area contributed by atoms with Gasteiger partial charge in [-0.3, -0.25) is 14.4 Å². The summed E-state index contributed by atoms with van der Waals surface area (Å²) in [7, 11) is 0. The Bertz CT molecular complexity index is 935. The molecule has 0 saturated heterocycles. The Morgan fingerprint density at radius 2 is 1.42 bits per heavy atom. The van der Waals surface area contributed by atoms with Crippen LogP contribution in [0.5, 0.6) is 11.5 Å². The number of hydrogen-bond donors (Lipinski definition) is 2. The molecule has 2 aromatic carbocycles. The Labute approximate surface area is 194 Å². The van der Waals surface area contributed by atoms with E-state index < -0.39 is 5.97 Å². The maximum Gasteiger partial charge on any atom is 0.308 e. The minimum atomic E-state index is -0.395. The summed E-state index contributed by atoms with van der Waals surface area (Å²) in [6.45, 7) is 7.00. The Morgan fingerprint density at radius 1 is 0.903 bits per heavy atom. The number of benzene rings is 2. The van der Waals surface area contributed by atoms with E-state index in [0.29, 0.717) is 17.1 Å². The van der Waals surface area contributed by atoms with E-state index in [1.807, 2.05) is 24.3 Å². The number of esters is 2. The van der Waals surface area contributed by atoms with Crippen LogP contribution in [-0.4, -0.2) is 22.8 Å². The monoisotopic (exact) mass is 460 g/mol. The van der Waals surface area contributed by atoms with Crippen molar-refractivity contribution in [2.45, 2.75) is 39.5 Å². The number of carbonyl (C=O) groups is 3. The zero-order chi connectivity index (χ0) is 23.4. The summed E-state index contributed by atoms with van der Waals surface area (Å²) in [4.78, 5) is 32.4. The van der Waals surface area contributed by atoms with Crippen LogP contribution in [0.3, 0.4) is 0 Å². The highest BCUT2D eigenvalue weighted by atomic mass is 32.1. The van der Waals surface area contributed by atoms with Crippen molar-refractivity contribution in [1.82, 2.24) is 0 Å². The number of ether oxygens (including phenoxy) is 2. The minimum absolute atomic E-state index is 0.0339. The molecule has 0 atom stereocenters. The maximum atomic E-state index is 11.0. The molecule has 0 aliphatic heterocycles. The van der Waals surface area contributed by atoms with E-state index in [1.54, 1.807) is 30.3 Å². The first-order valence-corrected chi connectivity index (χ1v) is 10.7. The third-order valence-corrected chi connectivity index (χ3v) is 4.56. The van der Waals surface area contributed by atoms with Crippen molar-refractivity contribution < 1.29 is 23.9 Å². The molecule has 0 amide bonds. The zero-order valence-corrected chi connectivity index (χ0v) is 19.9. The van der Waals surface area contributed by atoms with Crippen LogP contribution in [0.1, 0.15) is 45.2 Å². The molecule has 0 aliphatic carbocycles. The smallest absolute Gasteiger partial charge is 0.308 e. The molecule has 2 rings (SSSR count). The van der Waals surface area contributed by atoms with Crippen LogP contribution < -0.4 is 9.47 Å². The number of para-hydroxylation sites is 2. The molecule has 0 saturated carbocycles. The van der Waals surface area contributed by atoms with Gasteiger partial charge in [0, 0.05) is 25.0 Å². The molecule has 0 aromatic heterocycles. The highest BCUT2D eigenvalue weighted by Gasteiger charge is 2.23. The normalized spacial score (nSPS) is 10.8. The van der Waals surface area contributed by atoms with Crippen molar-refractivity contribution in [3.8, 4) is 11.5 Å². The molecule has 0 radical (unpaired) electrons. The molecule has 0 N–H and O–H groups in total. The number of carbonyl (C=O) groups excluding carboxylic acids is 3.